The first-order chi connectivity index (χ1) is 11.2. The van der Waals surface area contributed by atoms with E-state index in [1.165, 1.54) is 6.33 Å². The minimum atomic E-state index is -0.168. The van der Waals surface area contributed by atoms with E-state index in [9.17, 15) is 4.79 Å². The SMILES string of the molecule is C[C@H](C(=O)NC[C@H]1CCCO1)N1CCO[C@H](Cn2cncn2)C1. The van der Waals surface area contributed by atoms with Crippen molar-refractivity contribution in [3.63, 3.8) is 0 Å². The number of nitrogens with zero attached hydrogens (tertiary/aromatic N) is 4. The second-order valence-corrected chi connectivity index (χ2v) is 6.16. The molecule has 1 aromatic rings. The fourth-order valence-corrected chi connectivity index (χ4v) is 3.07. The summed E-state index contributed by atoms with van der Waals surface area (Å²) in [6.45, 7) is 6.13. The van der Waals surface area contributed by atoms with E-state index in [0.717, 1.165) is 26.0 Å². The number of hydrogen-bond donors (Lipinski definition) is 1. The highest BCUT2D eigenvalue weighted by Crippen LogP contribution is 2.12. The third-order valence-electron chi connectivity index (χ3n) is 4.48. The van der Waals surface area contributed by atoms with Crippen LogP contribution in [-0.4, -0.2) is 76.7 Å². The van der Waals surface area contributed by atoms with Crippen LogP contribution in [0.5, 0.6) is 0 Å². The molecule has 23 heavy (non-hydrogen) atoms. The largest absolute Gasteiger partial charge is 0.376 e. The lowest BCUT2D eigenvalue weighted by molar-refractivity contribution is -0.130. The second-order valence-electron chi connectivity index (χ2n) is 6.16. The van der Waals surface area contributed by atoms with Crippen LogP contribution in [0.4, 0.5) is 0 Å². The van der Waals surface area contributed by atoms with E-state index in [4.69, 9.17) is 9.47 Å². The van der Waals surface area contributed by atoms with E-state index in [0.29, 0.717) is 26.2 Å². The van der Waals surface area contributed by atoms with Gasteiger partial charge in [-0.3, -0.25) is 14.4 Å². The van der Waals surface area contributed by atoms with Crippen LogP contribution in [0.3, 0.4) is 0 Å². The Bertz CT molecular complexity index is 489. The number of hydrogen-bond acceptors (Lipinski definition) is 6. The Labute approximate surface area is 136 Å². The molecule has 3 atom stereocenters. The molecule has 0 saturated carbocycles. The molecule has 8 nitrogen and oxygen atoms in total. The van der Waals surface area contributed by atoms with E-state index in [1.807, 2.05) is 6.92 Å². The molecule has 3 rings (SSSR count). The highest BCUT2D eigenvalue weighted by atomic mass is 16.5. The molecule has 2 aliphatic heterocycles. The first-order valence-corrected chi connectivity index (χ1v) is 8.30. The average molecular weight is 323 g/mol. The minimum absolute atomic E-state index is 0.0267. The molecule has 0 spiro atoms. The normalized spacial score (nSPS) is 27.0. The van der Waals surface area contributed by atoms with Crippen LogP contribution in [0, 0.1) is 0 Å². The van der Waals surface area contributed by atoms with Crippen molar-refractivity contribution in [2.45, 2.75) is 44.6 Å². The Hall–Kier alpha value is -1.51. The van der Waals surface area contributed by atoms with Gasteiger partial charge < -0.3 is 14.8 Å². The number of carbonyl (C=O) groups is 1. The smallest absolute Gasteiger partial charge is 0.237 e. The van der Waals surface area contributed by atoms with Crippen LogP contribution in [0.2, 0.25) is 0 Å². The maximum absolute atomic E-state index is 12.3. The van der Waals surface area contributed by atoms with E-state index in [1.54, 1.807) is 11.0 Å². The number of nitrogens with one attached hydrogen (secondary N) is 1. The first kappa shape index (κ1) is 16.4. The van der Waals surface area contributed by atoms with Crippen LogP contribution in [0.15, 0.2) is 12.7 Å². The summed E-state index contributed by atoms with van der Waals surface area (Å²) in [5.41, 5.74) is 0. The minimum Gasteiger partial charge on any atom is -0.376 e. The molecular formula is C15H25N5O3. The fourth-order valence-electron chi connectivity index (χ4n) is 3.07. The molecule has 1 N–H and O–H groups in total. The second kappa shape index (κ2) is 7.85. The van der Waals surface area contributed by atoms with Crippen molar-refractivity contribution >= 4 is 5.91 Å². The van der Waals surface area contributed by atoms with Crippen molar-refractivity contribution in [1.82, 2.24) is 25.0 Å². The van der Waals surface area contributed by atoms with Gasteiger partial charge in [0.05, 0.1) is 31.4 Å². The molecule has 2 fully saturated rings. The number of amides is 1. The summed E-state index contributed by atoms with van der Waals surface area (Å²) in [5, 5.41) is 7.11. The van der Waals surface area contributed by atoms with Crippen LogP contribution in [-0.2, 0) is 20.8 Å². The molecule has 1 aromatic heterocycles. The van der Waals surface area contributed by atoms with E-state index < -0.39 is 0 Å². The molecule has 0 aliphatic carbocycles. The van der Waals surface area contributed by atoms with Crippen molar-refractivity contribution in [1.29, 1.82) is 0 Å². The van der Waals surface area contributed by atoms with E-state index >= 15 is 0 Å². The number of carbonyl (C=O) groups excluding carboxylic acids is 1. The van der Waals surface area contributed by atoms with Gasteiger partial charge in [0.15, 0.2) is 0 Å². The van der Waals surface area contributed by atoms with Gasteiger partial charge in [-0.2, -0.15) is 5.10 Å². The third kappa shape index (κ3) is 4.49. The molecule has 0 aromatic carbocycles. The zero-order valence-corrected chi connectivity index (χ0v) is 13.6. The number of rotatable bonds is 6. The zero-order chi connectivity index (χ0) is 16.1. The van der Waals surface area contributed by atoms with Gasteiger partial charge in [0.1, 0.15) is 12.7 Å². The lowest BCUT2D eigenvalue weighted by Crippen LogP contribution is -2.53. The fraction of sp³-hybridized carbons (Fsp3) is 0.800. The standard InChI is InChI=1S/C15H25N5O3/c1-12(15(21)17-7-13-3-2-5-22-13)19-4-6-23-14(8-19)9-20-11-16-10-18-20/h10-14H,2-9H2,1H3,(H,17,21)/t12-,13-,14+/m1/s1. The zero-order valence-electron chi connectivity index (χ0n) is 13.6. The third-order valence-corrected chi connectivity index (χ3v) is 4.48. The Balaban J connectivity index is 1.45. The van der Waals surface area contributed by atoms with Crippen molar-refractivity contribution in [2.24, 2.45) is 0 Å². The quantitative estimate of drug-likeness (QED) is 0.771. The monoisotopic (exact) mass is 323 g/mol. The average Bonchev–Trinajstić information content (AvgIpc) is 3.25. The predicted octanol–water partition coefficient (Wildman–Crippen LogP) is -0.337. The predicted molar refractivity (Wildman–Crippen MR) is 82.8 cm³/mol. The maximum Gasteiger partial charge on any atom is 0.237 e. The van der Waals surface area contributed by atoms with Crippen molar-refractivity contribution < 1.29 is 14.3 Å². The molecule has 1 amide bonds. The molecular weight excluding hydrogens is 298 g/mol. The summed E-state index contributed by atoms with van der Waals surface area (Å²) in [5.74, 6) is 0.0573. The summed E-state index contributed by atoms with van der Waals surface area (Å²) in [4.78, 5) is 18.4. The van der Waals surface area contributed by atoms with Gasteiger partial charge in [-0.25, -0.2) is 4.98 Å². The van der Waals surface area contributed by atoms with Crippen molar-refractivity contribution in [3.8, 4) is 0 Å². The molecule has 2 aliphatic rings. The molecule has 3 heterocycles. The molecule has 128 valence electrons. The summed E-state index contributed by atoms with van der Waals surface area (Å²) in [6.07, 6.45) is 5.52. The highest BCUT2D eigenvalue weighted by Gasteiger charge is 2.28. The van der Waals surface area contributed by atoms with Gasteiger partial charge in [0.25, 0.3) is 0 Å². The van der Waals surface area contributed by atoms with Crippen LogP contribution in [0.1, 0.15) is 19.8 Å². The topological polar surface area (TPSA) is 81.5 Å². The Morgan fingerprint density at radius 1 is 1.39 bits per heavy atom. The molecule has 2 saturated heterocycles. The van der Waals surface area contributed by atoms with Crippen LogP contribution < -0.4 is 5.32 Å². The molecule has 0 radical (unpaired) electrons. The van der Waals surface area contributed by atoms with Gasteiger partial charge in [-0.05, 0) is 19.8 Å². The molecule has 0 bridgehead atoms. The number of ether oxygens (including phenoxy) is 2. The first-order valence-electron chi connectivity index (χ1n) is 8.30. The van der Waals surface area contributed by atoms with Gasteiger partial charge in [0, 0.05) is 26.2 Å². The molecule has 8 heteroatoms. The number of morpholine rings is 1. The molecule has 0 unspecified atom stereocenters. The summed E-state index contributed by atoms with van der Waals surface area (Å²) in [6, 6.07) is -0.168. The van der Waals surface area contributed by atoms with E-state index in [-0.39, 0.29) is 24.2 Å². The Kier molecular flexibility index (Phi) is 5.58. The van der Waals surface area contributed by atoms with Crippen molar-refractivity contribution in [2.75, 3.05) is 32.8 Å². The lowest BCUT2D eigenvalue weighted by atomic mass is 10.2. The summed E-state index contributed by atoms with van der Waals surface area (Å²) >= 11 is 0. The van der Waals surface area contributed by atoms with Gasteiger partial charge in [-0.15, -0.1) is 0 Å². The lowest BCUT2D eigenvalue weighted by Gasteiger charge is -2.36. The van der Waals surface area contributed by atoms with Gasteiger partial charge >= 0.3 is 0 Å². The highest BCUT2D eigenvalue weighted by molar-refractivity contribution is 5.81. The van der Waals surface area contributed by atoms with Crippen molar-refractivity contribution in [3.05, 3.63) is 12.7 Å². The van der Waals surface area contributed by atoms with Crippen LogP contribution in [0.25, 0.3) is 0 Å². The van der Waals surface area contributed by atoms with Gasteiger partial charge in [-0.1, -0.05) is 0 Å². The van der Waals surface area contributed by atoms with Gasteiger partial charge in [0.2, 0.25) is 5.91 Å². The Morgan fingerprint density at radius 3 is 3.00 bits per heavy atom. The Morgan fingerprint density at radius 2 is 2.26 bits per heavy atom. The van der Waals surface area contributed by atoms with E-state index in [2.05, 4.69) is 20.3 Å². The summed E-state index contributed by atoms with van der Waals surface area (Å²) in [7, 11) is 0. The maximum atomic E-state index is 12.3. The summed E-state index contributed by atoms with van der Waals surface area (Å²) < 4.78 is 13.1. The van der Waals surface area contributed by atoms with Crippen LogP contribution >= 0.6 is 0 Å². The number of aromatic nitrogens is 3.